The van der Waals surface area contributed by atoms with Crippen LogP contribution in [0.2, 0.25) is 0 Å². The molecule has 3 rings (SSSR count). The van der Waals surface area contributed by atoms with Crippen molar-refractivity contribution < 1.29 is 12.8 Å². The molecule has 126 valence electrons. The molecule has 0 fully saturated rings. The highest BCUT2D eigenvalue weighted by molar-refractivity contribution is 7.89. The van der Waals surface area contributed by atoms with Crippen LogP contribution in [0.15, 0.2) is 52.2 Å². The third-order valence-electron chi connectivity index (χ3n) is 3.71. The van der Waals surface area contributed by atoms with E-state index >= 15 is 0 Å². The first-order valence-corrected chi connectivity index (χ1v) is 8.95. The molecular weight excluding hydrogens is 328 g/mol. The van der Waals surface area contributed by atoms with Crippen molar-refractivity contribution in [3.8, 4) is 11.3 Å². The molecule has 0 aliphatic carbocycles. The number of sulfonamides is 1. The quantitative estimate of drug-likeness (QED) is 0.738. The second-order valence-corrected chi connectivity index (χ2v) is 7.10. The Morgan fingerprint density at radius 3 is 2.75 bits per heavy atom. The van der Waals surface area contributed by atoms with E-state index in [-0.39, 0.29) is 11.4 Å². The molecule has 0 aliphatic rings. The maximum absolute atomic E-state index is 12.2. The van der Waals surface area contributed by atoms with Crippen LogP contribution in [0.1, 0.15) is 11.4 Å². The van der Waals surface area contributed by atoms with Crippen LogP contribution in [0, 0.1) is 13.8 Å². The lowest BCUT2D eigenvalue weighted by Crippen LogP contribution is -2.28. The average molecular weight is 346 g/mol. The third kappa shape index (κ3) is 3.24. The summed E-state index contributed by atoms with van der Waals surface area (Å²) in [6, 6.07) is 6.80. The first-order valence-electron chi connectivity index (χ1n) is 7.46. The number of aryl methyl sites for hydroxylation is 1. The van der Waals surface area contributed by atoms with Gasteiger partial charge in [0, 0.05) is 24.6 Å². The Bertz CT molecular complexity index is 916. The van der Waals surface area contributed by atoms with Gasteiger partial charge in [0.1, 0.15) is 10.7 Å². The second kappa shape index (κ2) is 6.58. The Kier molecular flexibility index (Phi) is 4.50. The standard InChI is InChI=1S/C16H18N4O3S/c1-12-16(15-6-4-10-23-15)13(2)20(19-12)9-8-18-24(21,22)14-5-3-7-17-11-14/h3-7,10-11,18H,8-9H2,1-2H3. The van der Waals surface area contributed by atoms with E-state index in [0.717, 1.165) is 22.7 Å². The average Bonchev–Trinajstić information content (AvgIpc) is 3.17. The van der Waals surface area contributed by atoms with Gasteiger partial charge in [0.2, 0.25) is 10.0 Å². The smallest absolute Gasteiger partial charge is 0.242 e. The van der Waals surface area contributed by atoms with Gasteiger partial charge in [0.15, 0.2) is 0 Å². The number of nitrogens with zero attached hydrogens (tertiary/aromatic N) is 3. The number of pyridine rings is 1. The molecule has 0 amide bonds. The van der Waals surface area contributed by atoms with Crippen LogP contribution in [0.3, 0.4) is 0 Å². The van der Waals surface area contributed by atoms with Crippen molar-refractivity contribution in [2.45, 2.75) is 25.3 Å². The zero-order valence-electron chi connectivity index (χ0n) is 13.4. The summed E-state index contributed by atoms with van der Waals surface area (Å²) in [4.78, 5) is 3.98. The topological polar surface area (TPSA) is 90.0 Å². The molecule has 0 unspecified atom stereocenters. The Hall–Kier alpha value is -2.45. The lowest BCUT2D eigenvalue weighted by Gasteiger charge is -2.08. The number of nitrogens with one attached hydrogen (secondary N) is 1. The van der Waals surface area contributed by atoms with Crippen molar-refractivity contribution in [3.05, 3.63) is 54.3 Å². The molecule has 8 heteroatoms. The Balaban J connectivity index is 1.71. The van der Waals surface area contributed by atoms with Crippen LogP contribution in [-0.4, -0.2) is 29.7 Å². The fraction of sp³-hybridized carbons (Fsp3) is 0.250. The van der Waals surface area contributed by atoms with E-state index in [1.165, 1.54) is 18.5 Å². The molecule has 7 nitrogen and oxygen atoms in total. The van der Waals surface area contributed by atoms with E-state index in [1.807, 2.05) is 26.0 Å². The van der Waals surface area contributed by atoms with Gasteiger partial charge < -0.3 is 4.42 Å². The van der Waals surface area contributed by atoms with Crippen molar-refractivity contribution >= 4 is 10.0 Å². The normalized spacial score (nSPS) is 11.8. The largest absolute Gasteiger partial charge is 0.464 e. The molecule has 24 heavy (non-hydrogen) atoms. The van der Waals surface area contributed by atoms with Gasteiger partial charge in [-0.05, 0) is 38.1 Å². The molecule has 0 aliphatic heterocycles. The molecule has 0 saturated carbocycles. The van der Waals surface area contributed by atoms with Crippen molar-refractivity contribution in [1.82, 2.24) is 19.5 Å². The van der Waals surface area contributed by atoms with Gasteiger partial charge in [-0.25, -0.2) is 13.1 Å². The van der Waals surface area contributed by atoms with Gasteiger partial charge in [-0.1, -0.05) is 0 Å². The van der Waals surface area contributed by atoms with E-state index in [2.05, 4.69) is 14.8 Å². The van der Waals surface area contributed by atoms with E-state index < -0.39 is 10.0 Å². The predicted octanol–water partition coefficient (Wildman–Crippen LogP) is 2.13. The van der Waals surface area contributed by atoms with Gasteiger partial charge in [0.05, 0.1) is 24.1 Å². The Morgan fingerprint density at radius 2 is 2.08 bits per heavy atom. The van der Waals surface area contributed by atoms with Crippen molar-refractivity contribution in [2.24, 2.45) is 0 Å². The maximum Gasteiger partial charge on any atom is 0.242 e. The Morgan fingerprint density at radius 1 is 1.25 bits per heavy atom. The summed E-state index contributed by atoms with van der Waals surface area (Å²) in [6.07, 6.45) is 4.47. The summed E-state index contributed by atoms with van der Waals surface area (Å²) in [5.41, 5.74) is 2.72. The molecule has 0 atom stereocenters. The minimum atomic E-state index is -3.56. The van der Waals surface area contributed by atoms with Crippen LogP contribution in [-0.2, 0) is 16.6 Å². The van der Waals surface area contributed by atoms with Crippen LogP contribution in [0.25, 0.3) is 11.3 Å². The molecular formula is C16H18N4O3S. The SMILES string of the molecule is Cc1nn(CCNS(=O)(=O)c2cccnc2)c(C)c1-c1ccco1. The van der Waals surface area contributed by atoms with Crippen molar-refractivity contribution in [1.29, 1.82) is 0 Å². The highest BCUT2D eigenvalue weighted by Crippen LogP contribution is 2.27. The summed E-state index contributed by atoms with van der Waals surface area (Å²) < 4.78 is 34.1. The fourth-order valence-corrected chi connectivity index (χ4v) is 3.55. The molecule has 0 radical (unpaired) electrons. The molecule has 0 spiro atoms. The molecule has 0 saturated heterocycles. The third-order valence-corrected chi connectivity index (χ3v) is 5.16. The molecule has 0 aromatic carbocycles. The van der Waals surface area contributed by atoms with Crippen LogP contribution >= 0.6 is 0 Å². The molecule has 3 aromatic rings. The predicted molar refractivity (Wildman–Crippen MR) is 88.8 cm³/mol. The summed E-state index contributed by atoms with van der Waals surface area (Å²) in [6.45, 7) is 4.50. The van der Waals surface area contributed by atoms with E-state index in [9.17, 15) is 8.42 Å². The number of furan rings is 1. The minimum absolute atomic E-state index is 0.148. The monoisotopic (exact) mass is 346 g/mol. The van der Waals surface area contributed by atoms with Gasteiger partial charge in [-0.15, -0.1) is 0 Å². The maximum atomic E-state index is 12.2. The zero-order valence-corrected chi connectivity index (χ0v) is 14.2. The highest BCUT2D eigenvalue weighted by atomic mass is 32.2. The van der Waals surface area contributed by atoms with Gasteiger partial charge >= 0.3 is 0 Å². The highest BCUT2D eigenvalue weighted by Gasteiger charge is 2.17. The van der Waals surface area contributed by atoms with Crippen molar-refractivity contribution in [3.63, 3.8) is 0 Å². The molecule has 0 bridgehead atoms. The first-order chi connectivity index (χ1) is 11.5. The van der Waals surface area contributed by atoms with E-state index in [4.69, 9.17) is 4.42 Å². The summed E-state index contributed by atoms with van der Waals surface area (Å²) in [7, 11) is -3.56. The minimum Gasteiger partial charge on any atom is -0.464 e. The van der Waals surface area contributed by atoms with E-state index in [1.54, 1.807) is 17.0 Å². The van der Waals surface area contributed by atoms with Crippen LogP contribution < -0.4 is 4.72 Å². The number of aromatic nitrogens is 3. The van der Waals surface area contributed by atoms with Crippen LogP contribution in [0.4, 0.5) is 0 Å². The number of rotatable bonds is 6. The van der Waals surface area contributed by atoms with E-state index in [0.29, 0.717) is 6.54 Å². The zero-order chi connectivity index (χ0) is 17.2. The first kappa shape index (κ1) is 16.4. The van der Waals surface area contributed by atoms with Crippen molar-refractivity contribution in [2.75, 3.05) is 6.54 Å². The van der Waals surface area contributed by atoms with Gasteiger partial charge in [0.25, 0.3) is 0 Å². The number of hydrogen-bond acceptors (Lipinski definition) is 5. The molecule has 3 heterocycles. The summed E-state index contributed by atoms with van der Waals surface area (Å²) >= 11 is 0. The lowest BCUT2D eigenvalue weighted by molar-refractivity contribution is 0.553. The lowest BCUT2D eigenvalue weighted by atomic mass is 10.1. The molecule has 3 aromatic heterocycles. The van der Waals surface area contributed by atoms with Gasteiger partial charge in [-0.2, -0.15) is 5.10 Å². The summed E-state index contributed by atoms with van der Waals surface area (Å²) in [5.74, 6) is 0.757. The Labute approximate surface area is 140 Å². The van der Waals surface area contributed by atoms with Crippen LogP contribution in [0.5, 0.6) is 0 Å². The second-order valence-electron chi connectivity index (χ2n) is 5.33. The number of hydrogen-bond donors (Lipinski definition) is 1. The fourth-order valence-electron chi connectivity index (χ4n) is 2.57. The molecule has 1 N–H and O–H groups in total. The summed E-state index contributed by atoms with van der Waals surface area (Å²) in [5, 5.41) is 4.47. The van der Waals surface area contributed by atoms with Gasteiger partial charge in [-0.3, -0.25) is 9.67 Å².